The first-order valence-electron chi connectivity index (χ1n) is 13.0. The van der Waals surface area contributed by atoms with Crippen molar-refractivity contribution in [3.63, 3.8) is 0 Å². The van der Waals surface area contributed by atoms with E-state index >= 15 is 0 Å². The van der Waals surface area contributed by atoms with Crippen molar-refractivity contribution in [1.82, 2.24) is 4.98 Å². The number of rotatable bonds is 9. The number of allylic oxidation sites excluding steroid dienone is 2. The van der Waals surface area contributed by atoms with E-state index in [0.29, 0.717) is 38.0 Å². The summed E-state index contributed by atoms with van der Waals surface area (Å²) in [6.07, 6.45) is 4.27. The van der Waals surface area contributed by atoms with E-state index in [9.17, 15) is 9.90 Å². The van der Waals surface area contributed by atoms with Crippen molar-refractivity contribution in [1.29, 1.82) is 0 Å². The van der Waals surface area contributed by atoms with Crippen molar-refractivity contribution >= 4 is 22.4 Å². The number of carbonyl (C=O) groups is 1. The van der Waals surface area contributed by atoms with Gasteiger partial charge in [-0.3, -0.25) is 9.79 Å². The topological polar surface area (TPSA) is 74.7 Å². The van der Waals surface area contributed by atoms with E-state index in [4.69, 9.17) is 9.73 Å². The summed E-state index contributed by atoms with van der Waals surface area (Å²) in [6, 6.07) is 16.3. The average molecular weight is 487 g/mol. The number of hydrogen-bond donors (Lipinski definition) is 2. The van der Waals surface area contributed by atoms with Crippen LogP contribution in [0.5, 0.6) is 5.75 Å². The number of aliphatic hydroxyl groups is 1. The number of benzene rings is 2. The van der Waals surface area contributed by atoms with E-state index in [1.807, 2.05) is 24.3 Å². The SMILES string of the molecule is CCCCC(O)=C1C(=O)CC(C)(C)CC1=NCCc1c(C)[nH]c2ccc(OCc3ccccc3)cc12. The molecule has 1 aromatic heterocycles. The van der Waals surface area contributed by atoms with E-state index in [1.54, 1.807) is 0 Å². The van der Waals surface area contributed by atoms with Gasteiger partial charge in [-0.1, -0.05) is 57.5 Å². The predicted octanol–water partition coefficient (Wildman–Crippen LogP) is 7.43. The van der Waals surface area contributed by atoms with E-state index in [2.05, 4.69) is 56.9 Å². The number of H-pyrrole nitrogens is 1. The molecule has 36 heavy (non-hydrogen) atoms. The van der Waals surface area contributed by atoms with Gasteiger partial charge in [-0.05, 0) is 60.9 Å². The van der Waals surface area contributed by atoms with Gasteiger partial charge in [0, 0.05) is 41.7 Å². The second kappa shape index (κ2) is 11.2. The Balaban J connectivity index is 1.54. The van der Waals surface area contributed by atoms with Crippen LogP contribution >= 0.6 is 0 Å². The standard InChI is InChI=1S/C31H38N2O3/c1-5-6-12-28(34)30-27(18-31(3,4)19-29(30)35)32-16-15-24-21(2)33-26-14-13-23(17-25(24)26)36-20-22-10-8-7-9-11-22/h7-11,13-14,17,33-34H,5-6,12,15-16,18-20H2,1-4H3. The molecule has 2 N–H and O–H groups in total. The number of fused-ring (bicyclic) bond motifs is 1. The van der Waals surface area contributed by atoms with E-state index in [-0.39, 0.29) is 17.0 Å². The summed E-state index contributed by atoms with van der Waals surface area (Å²) < 4.78 is 6.06. The Morgan fingerprint density at radius 3 is 2.67 bits per heavy atom. The number of aryl methyl sites for hydroxylation is 1. The fourth-order valence-corrected chi connectivity index (χ4v) is 5.04. The lowest BCUT2D eigenvalue weighted by molar-refractivity contribution is -0.117. The molecule has 3 aromatic rings. The normalized spacial score (nSPS) is 18.1. The van der Waals surface area contributed by atoms with Gasteiger partial charge in [0.2, 0.25) is 0 Å². The van der Waals surface area contributed by atoms with Crippen LogP contribution in [-0.2, 0) is 17.8 Å². The molecular formula is C31H38N2O3. The number of nitrogens with zero attached hydrogens (tertiary/aromatic N) is 1. The number of aromatic amines is 1. The highest BCUT2D eigenvalue weighted by atomic mass is 16.5. The molecule has 1 heterocycles. The monoisotopic (exact) mass is 486 g/mol. The Bertz CT molecular complexity index is 1280. The van der Waals surface area contributed by atoms with E-state index < -0.39 is 0 Å². The molecule has 4 rings (SSSR count). The molecule has 1 aliphatic carbocycles. The van der Waals surface area contributed by atoms with Crippen LogP contribution in [0.4, 0.5) is 0 Å². The zero-order chi connectivity index (χ0) is 25.7. The molecule has 0 spiro atoms. The smallest absolute Gasteiger partial charge is 0.168 e. The minimum atomic E-state index is -0.147. The number of aliphatic hydroxyl groups excluding tert-OH is 1. The van der Waals surface area contributed by atoms with Gasteiger partial charge < -0.3 is 14.8 Å². The van der Waals surface area contributed by atoms with Crippen LogP contribution in [0.3, 0.4) is 0 Å². The highest BCUT2D eigenvalue weighted by Crippen LogP contribution is 2.36. The maximum atomic E-state index is 12.9. The highest BCUT2D eigenvalue weighted by molar-refractivity contribution is 6.24. The number of aromatic nitrogens is 1. The van der Waals surface area contributed by atoms with Crippen LogP contribution in [0.25, 0.3) is 10.9 Å². The lowest BCUT2D eigenvalue weighted by Gasteiger charge is -2.31. The fraction of sp³-hybridized carbons (Fsp3) is 0.419. The Hall–Kier alpha value is -3.34. The molecule has 5 heteroatoms. The largest absolute Gasteiger partial charge is 0.511 e. The van der Waals surface area contributed by atoms with Gasteiger partial charge in [0.15, 0.2) is 5.78 Å². The van der Waals surface area contributed by atoms with Crippen LogP contribution < -0.4 is 4.74 Å². The van der Waals surface area contributed by atoms with E-state index in [0.717, 1.165) is 52.9 Å². The van der Waals surface area contributed by atoms with Crippen molar-refractivity contribution < 1.29 is 14.6 Å². The van der Waals surface area contributed by atoms with Gasteiger partial charge in [-0.25, -0.2) is 0 Å². The lowest BCUT2D eigenvalue weighted by atomic mass is 9.73. The third-order valence-electron chi connectivity index (χ3n) is 6.91. The number of nitrogens with one attached hydrogen (secondary N) is 1. The number of Topliss-reactive ketones (excluding diaryl/α,β-unsaturated/α-hetero) is 1. The number of hydrogen-bond acceptors (Lipinski definition) is 4. The Morgan fingerprint density at radius 1 is 1.14 bits per heavy atom. The summed E-state index contributed by atoms with van der Waals surface area (Å²) in [6.45, 7) is 9.45. The Morgan fingerprint density at radius 2 is 1.92 bits per heavy atom. The van der Waals surface area contributed by atoms with Crippen molar-refractivity contribution in [3.05, 3.63) is 76.7 Å². The predicted molar refractivity (Wildman–Crippen MR) is 147 cm³/mol. The van der Waals surface area contributed by atoms with E-state index in [1.165, 1.54) is 5.56 Å². The molecule has 0 radical (unpaired) electrons. The second-order valence-electron chi connectivity index (χ2n) is 10.7. The molecular weight excluding hydrogens is 448 g/mol. The molecule has 0 amide bonds. The van der Waals surface area contributed by atoms with Gasteiger partial charge in [0.1, 0.15) is 18.1 Å². The van der Waals surface area contributed by atoms with Crippen molar-refractivity contribution in [2.45, 2.75) is 72.8 Å². The first kappa shape index (κ1) is 25.7. The van der Waals surface area contributed by atoms with Crippen LogP contribution in [0.15, 0.2) is 64.9 Å². The number of aliphatic imine (C=N–C) groups is 1. The first-order valence-corrected chi connectivity index (χ1v) is 13.0. The average Bonchev–Trinajstić information content (AvgIpc) is 3.15. The summed E-state index contributed by atoms with van der Waals surface area (Å²) in [5.41, 5.74) is 5.62. The van der Waals surface area contributed by atoms with Crippen molar-refractivity contribution in [3.8, 4) is 5.75 Å². The number of unbranched alkanes of at least 4 members (excludes halogenated alkanes) is 1. The number of ether oxygens (including phenoxy) is 1. The Labute approximate surface area is 214 Å². The van der Waals surface area contributed by atoms with Crippen LogP contribution in [-0.4, -0.2) is 28.1 Å². The molecule has 1 aliphatic rings. The van der Waals surface area contributed by atoms with Crippen molar-refractivity contribution in [2.24, 2.45) is 10.4 Å². The second-order valence-corrected chi connectivity index (χ2v) is 10.7. The summed E-state index contributed by atoms with van der Waals surface area (Å²) in [5, 5.41) is 11.8. The van der Waals surface area contributed by atoms with Gasteiger partial charge in [-0.15, -0.1) is 0 Å². The summed E-state index contributed by atoms with van der Waals surface area (Å²) >= 11 is 0. The molecule has 1 fully saturated rings. The quantitative estimate of drug-likeness (QED) is 0.244. The highest BCUT2D eigenvalue weighted by Gasteiger charge is 2.36. The third kappa shape index (κ3) is 6.07. The zero-order valence-corrected chi connectivity index (χ0v) is 22.0. The summed E-state index contributed by atoms with van der Waals surface area (Å²) in [5.74, 6) is 1.06. The third-order valence-corrected chi connectivity index (χ3v) is 6.91. The van der Waals surface area contributed by atoms with Gasteiger partial charge in [0.05, 0.1) is 5.57 Å². The van der Waals surface area contributed by atoms with Crippen LogP contribution in [0.2, 0.25) is 0 Å². The Kier molecular flexibility index (Phi) is 7.97. The summed E-state index contributed by atoms with van der Waals surface area (Å²) in [7, 11) is 0. The fourth-order valence-electron chi connectivity index (χ4n) is 5.04. The number of ketones is 1. The molecule has 0 atom stereocenters. The van der Waals surface area contributed by atoms with Crippen LogP contribution in [0, 0.1) is 12.3 Å². The van der Waals surface area contributed by atoms with Crippen LogP contribution in [0.1, 0.15) is 69.7 Å². The summed E-state index contributed by atoms with van der Waals surface area (Å²) in [4.78, 5) is 21.3. The molecule has 190 valence electrons. The molecule has 0 unspecified atom stereocenters. The van der Waals surface area contributed by atoms with Crippen molar-refractivity contribution in [2.75, 3.05) is 6.54 Å². The molecule has 1 saturated carbocycles. The number of carbonyl (C=O) groups excluding carboxylic acids is 1. The minimum absolute atomic E-state index is 0.0158. The van der Waals surface area contributed by atoms with Gasteiger partial charge >= 0.3 is 0 Å². The maximum absolute atomic E-state index is 12.9. The molecule has 0 aliphatic heterocycles. The molecule has 5 nitrogen and oxygen atoms in total. The molecule has 2 aromatic carbocycles. The maximum Gasteiger partial charge on any atom is 0.168 e. The lowest BCUT2D eigenvalue weighted by Crippen LogP contribution is -2.33. The molecule has 0 saturated heterocycles. The van der Waals surface area contributed by atoms with Gasteiger partial charge in [0.25, 0.3) is 0 Å². The minimum Gasteiger partial charge on any atom is -0.511 e. The zero-order valence-electron chi connectivity index (χ0n) is 22.0. The van der Waals surface area contributed by atoms with Gasteiger partial charge in [-0.2, -0.15) is 0 Å². The first-order chi connectivity index (χ1) is 17.3. The molecule has 0 bridgehead atoms.